The molecular formula is C18H23NO4. The number of hydrogen-bond acceptors (Lipinski definition) is 5. The number of aromatic nitrogens is 1. The molecule has 1 fully saturated rings. The average Bonchev–Trinajstić information content (AvgIpc) is 3.09. The first kappa shape index (κ1) is 15.9. The molecule has 2 aromatic rings. The molecule has 124 valence electrons. The van der Waals surface area contributed by atoms with E-state index >= 15 is 0 Å². The second-order valence-corrected chi connectivity index (χ2v) is 6.10. The monoisotopic (exact) mass is 317 g/mol. The molecule has 3 rings (SSSR count). The van der Waals surface area contributed by atoms with Crippen molar-refractivity contribution in [3.63, 3.8) is 0 Å². The third-order valence-corrected chi connectivity index (χ3v) is 4.56. The molecule has 1 N–H and O–H groups in total. The summed E-state index contributed by atoms with van der Waals surface area (Å²) in [6.45, 7) is 0.743. The fourth-order valence-electron chi connectivity index (χ4n) is 3.04. The lowest BCUT2D eigenvalue weighted by molar-refractivity contribution is 0.175. The largest absolute Gasteiger partial charge is 0.497 e. The number of methoxy groups -OCH3 is 1. The van der Waals surface area contributed by atoms with Gasteiger partial charge in [-0.05, 0) is 54.5 Å². The standard InChI is InChI=1S/C18H23NO4/c1-21-16-8-4-14(5-9-16)12-22-18-10-17(23-19-18)15-6-2-13(11-20)3-7-15/h4-5,8-10,13,15,20H,2-3,6-7,11-12H2,1H3. The van der Waals surface area contributed by atoms with Crippen molar-refractivity contribution in [2.24, 2.45) is 5.92 Å². The zero-order chi connectivity index (χ0) is 16.1. The normalized spacial score (nSPS) is 21.1. The summed E-state index contributed by atoms with van der Waals surface area (Å²) in [4.78, 5) is 0. The zero-order valence-corrected chi connectivity index (χ0v) is 13.4. The Morgan fingerprint density at radius 2 is 1.91 bits per heavy atom. The highest BCUT2D eigenvalue weighted by molar-refractivity contribution is 5.27. The van der Waals surface area contributed by atoms with E-state index in [2.05, 4.69) is 5.16 Å². The van der Waals surface area contributed by atoms with Gasteiger partial charge >= 0.3 is 0 Å². The van der Waals surface area contributed by atoms with Crippen LogP contribution in [0.25, 0.3) is 0 Å². The lowest BCUT2D eigenvalue weighted by Gasteiger charge is -2.25. The number of hydrogen-bond donors (Lipinski definition) is 1. The summed E-state index contributed by atoms with van der Waals surface area (Å²) in [7, 11) is 1.65. The van der Waals surface area contributed by atoms with E-state index in [1.807, 2.05) is 30.3 Å². The van der Waals surface area contributed by atoms with Crippen LogP contribution in [0, 0.1) is 5.92 Å². The lowest BCUT2D eigenvalue weighted by Crippen LogP contribution is -2.15. The van der Waals surface area contributed by atoms with Crippen molar-refractivity contribution in [1.29, 1.82) is 0 Å². The predicted molar refractivity (Wildman–Crippen MR) is 85.6 cm³/mol. The summed E-state index contributed by atoms with van der Waals surface area (Å²) in [5, 5.41) is 13.2. The van der Waals surface area contributed by atoms with Gasteiger partial charge < -0.3 is 19.1 Å². The Kier molecular flexibility index (Phi) is 5.18. The summed E-state index contributed by atoms with van der Waals surface area (Å²) in [6, 6.07) is 9.65. The van der Waals surface area contributed by atoms with Crippen LogP contribution < -0.4 is 9.47 Å². The molecule has 1 aromatic carbocycles. The van der Waals surface area contributed by atoms with E-state index in [1.54, 1.807) is 7.11 Å². The Labute approximate surface area is 136 Å². The van der Waals surface area contributed by atoms with Crippen molar-refractivity contribution < 1.29 is 19.1 Å². The van der Waals surface area contributed by atoms with Crippen LogP contribution in [0.2, 0.25) is 0 Å². The molecule has 1 aromatic heterocycles. The molecule has 5 heteroatoms. The minimum atomic E-state index is 0.291. The van der Waals surface area contributed by atoms with Crippen molar-refractivity contribution >= 4 is 0 Å². The number of ether oxygens (including phenoxy) is 2. The quantitative estimate of drug-likeness (QED) is 0.883. The van der Waals surface area contributed by atoms with Gasteiger partial charge in [0.25, 0.3) is 5.88 Å². The Balaban J connectivity index is 1.53. The molecule has 0 bridgehead atoms. The van der Waals surface area contributed by atoms with Gasteiger partial charge in [-0.25, -0.2) is 0 Å². The van der Waals surface area contributed by atoms with Gasteiger partial charge in [-0.1, -0.05) is 12.1 Å². The first-order chi connectivity index (χ1) is 11.3. The highest BCUT2D eigenvalue weighted by Gasteiger charge is 2.25. The van der Waals surface area contributed by atoms with E-state index < -0.39 is 0 Å². The van der Waals surface area contributed by atoms with Gasteiger partial charge in [-0.3, -0.25) is 0 Å². The molecule has 0 spiro atoms. The molecule has 23 heavy (non-hydrogen) atoms. The molecule has 0 radical (unpaired) electrons. The zero-order valence-electron chi connectivity index (χ0n) is 13.4. The summed E-state index contributed by atoms with van der Waals surface area (Å²) < 4.78 is 16.3. The number of benzene rings is 1. The third-order valence-electron chi connectivity index (χ3n) is 4.56. The first-order valence-electron chi connectivity index (χ1n) is 8.11. The smallest absolute Gasteiger partial charge is 0.254 e. The van der Waals surface area contributed by atoms with Crippen LogP contribution in [0.4, 0.5) is 0 Å². The highest BCUT2D eigenvalue weighted by atomic mass is 16.5. The van der Waals surface area contributed by atoms with Crippen molar-refractivity contribution in [3.05, 3.63) is 41.7 Å². The van der Waals surface area contributed by atoms with Gasteiger partial charge in [-0.2, -0.15) is 0 Å². The van der Waals surface area contributed by atoms with E-state index in [4.69, 9.17) is 14.0 Å². The van der Waals surface area contributed by atoms with Crippen LogP contribution >= 0.6 is 0 Å². The maximum Gasteiger partial charge on any atom is 0.254 e. The molecule has 5 nitrogen and oxygen atoms in total. The summed E-state index contributed by atoms with van der Waals surface area (Å²) in [5.41, 5.74) is 1.05. The molecule has 1 aliphatic rings. The van der Waals surface area contributed by atoms with Gasteiger partial charge in [0.05, 0.1) is 7.11 Å². The predicted octanol–water partition coefficient (Wildman–Crippen LogP) is 3.53. The molecule has 1 saturated carbocycles. The molecule has 0 saturated heterocycles. The molecule has 0 unspecified atom stereocenters. The van der Waals surface area contributed by atoms with E-state index in [-0.39, 0.29) is 0 Å². The molecule has 0 atom stereocenters. The summed E-state index contributed by atoms with van der Waals surface area (Å²) >= 11 is 0. The van der Waals surface area contributed by atoms with Gasteiger partial charge in [0.15, 0.2) is 0 Å². The van der Waals surface area contributed by atoms with Crippen LogP contribution in [0.5, 0.6) is 11.6 Å². The maximum absolute atomic E-state index is 9.20. The average molecular weight is 317 g/mol. The van der Waals surface area contributed by atoms with E-state index in [0.717, 1.165) is 42.8 Å². The Bertz CT molecular complexity index is 600. The number of aliphatic hydroxyl groups is 1. The second-order valence-electron chi connectivity index (χ2n) is 6.10. The van der Waals surface area contributed by atoms with E-state index in [9.17, 15) is 5.11 Å². The number of aliphatic hydroxyl groups excluding tert-OH is 1. The van der Waals surface area contributed by atoms with Crippen molar-refractivity contribution in [3.8, 4) is 11.6 Å². The fourth-order valence-corrected chi connectivity index (χ4v) is 3.04. The minimum Gasteiger partial charge on any atom is -0.497 e. The van der Waals surface area contributed by atoms with Crippen molar-refractivity contribution in [2.45, 2.75) is 38.2 Å². The van der Waals surface area contributed by atoms with Gasteiger partial charge in [0, 0.05) is 18.6 Å². The maximum atomic E-state index is 9.20. The van der Waals surface area contributed by atoms with Crippen LogP contribution in [0.15, 0.2) is 34.9 Å². The molecule has 1 aliphatic carbocycles. The van der Waals surface area contributed by atoms with Gasteiger partial charge in [-0.15, -0.1) is 0 Å². The van der Waals surface area contributed by atoms with E-state index in [1.165, 1.54) is 0 Å². The Morgan fingerprint density at radius 1 is 1.17 bits per heavy atom. The first-order valence-corrected chi connectivity index (χ1v) is 8.11. The van der Waals surface area contributed by atoms with Crippen LogP contribution in [-0.4, -0.2) is 24.0 Å². The Morgan fingerprint density at radius 3 is 2.57 bits per heavy atom. The summed E-state index contributed by atoms with van der Waals surface area (Å²) in [6.07, 6.45) is 4.17. The van der Waals surface area contributed by atoms with Crippen LogP contribution in [0.3, 0.4) is 0 Å². The van der Waals surface area contributed by atoms with Crippen LogP contribution in [0.1, 0.15) is 42.9 Å². The third kappa shape index (κ3) is 4.05. The Hall–Kier alpha value is -2.01. The number of rotatable bonds is 6. The van der Waals surface area contributed by atoms with E-state index in [0.29, 0.717) is 30.9 Å². The fraction of sp³-hybridized carbons (Fsp3) is 0.500. The van der Waals surface area contributed by atoms with Gasteiger partial charge in [0.2, 0.25) is 0 Å². The van der Waals surface area contributed by atoms with Crippen molar-refractivity contribution in [1.82, 2.24) is 5.16 Å². The highest BCUT2D eigenvalue weighted by Crippen LogP contribution is 2.36. The molecule has 0 amide bonds. The molecular weight excluding hydrogens is 294 g/mol. The molecule has 1 heterocycles. The topological polar surface area (TPSA) is 64.7 Å². The summed E-state index contributed by atoms with van der Waals surface area (Å²) in [5.74, 6) is 3.09. The molecule has 0 aliphatic heterocycles. The van der Waals surface area contributed by atoms with Gasteiger partial charge in [0.1, 0.15) is 18.1 Å². The SMILES string of the molecule is COc1ccc(COc2cc(C3CCC(CO)CC3)on2)cc1. The number of nitrogens with zero attached hydrogens (tertiary/aromatic N) is 1. The second kappa shape index (κ2) is 7.51. The lowest BCUT2D eigenvalue weighted by atomic mass is 9.81. The van der Waals surface area contributed by atoms with Crippen LogP contribution in [-0.2, 0) is 6.61 Å². The minimum absolute atomic E-state index is 0.291. The van der Waals surface area contributed by atoms with Crippen molar-refractivity contribution in [2.75, 3.05) is 13.7 Å².